The first-order valence-electron chi connectivity index (χ1n) is 6.64. The maximum Gasteiger partial charge on any atom is 0.471 e. The molecule has 0 atom stereocenters. The third-order valence-corrected chi connectivity index (χ3v) is 3.76. The number of benzene rings is 1. The van der Waals surface area contributed by atoms with Gasteiger partial charge >= 0.3 is 12.1 Å². The van der Waals surface area contributed by atoms with Crippen molar-refractivity contribution in [2.75, 3.05) is 5.32 Å². The number of thiophene rings is 1. The summed E-state index contributed by atoms with van der Waals surface area (Å²) in [5, 5.41) is 7.44. The number of nitrogens with one attached hydrogen (secondary N) is 2. The van der Waals surface area contributed by atoms with Gasteiger partial charge in [0.2, 0.25) is 0 Å². The van der Waals surface area contributed by atoms with E-state index in [9.17, 15) is 22.8 Å². The molecule has 0 aliphatic carbocycles. The van der Waals surface area contributed by atoms with E-state index >= 15 is 0 Å². The zero-order valence-corrected chi connectivity index (χ0v) is 13.2. The largest absolute Gasteiger partial charge is 0.471 e. The highest BCUT2D eigenvalue weighted by atomic mass is 32.1. The van der Waals surface area contributed by atoms with Crippen LogP contribution in [0.4, 0.5) is 18.9 Å². The van der Waals surface area contributed by atoms with Gasteiger partial charge in [0.05, 0.1) is 10.6 Å². The van der Waals surface area contributed by atoms with Crippen molar-refractivity contribution in [1.29, 1.82) is 0 Å². The fourth-order valence-corrected chi connectivity index (χ4v) is 2.27. The number of hydrogen-bond donors (Lipinski definition) is 2. The molecular weight excluding hydrogens is 343 g/mol. The normalized spacial score (nSPS) is 11.9. The molecule has 2 rings (SSSR count). The molecule has 0 radical (unpaired) electrons. The van der Waals surface area contributed by atoms with Gasteiger partial charge in [-0.05, 0) is 36.1 Å². The van der Waals surface area contributed by atoms with Gasteiger partial charge in [-0.25, -0.2) is 5.43 Å². The van der Waals surface area contributed by atoms with Crippen LogP contribution in [0, 0.1) is 0 Å². The van der Waals surface area contributed by atoms with E-state index in [1.165, 1.54) is 35.6 Å². The average Bonchev–Trinajstić information content (AvgIpc) is 3.06. The number of halogens is 3. The van der Waals surface area contributed by atoms with Crippen molar-refractivity contribution in [3.63, 3.8) is 0 Å². The first-order chi connectivity index (χ1) is 11.3. The van der Waals surface area contributed by atoms with Gasteiger partial charge in [0.25, 0.3) is 5.91 Å². The Balaban J connectivity index is 2.00. The molecule has 24 heavy (non-hydrogen) atoms. The molecule has 126 valence electrons. The quantitative estimate of drug-likeness (QED) is 0.652. The Morgan fingerprint density at radius 2 is 1.79 bits per heavy atom. The third-order valence-electron chi connectivity index (χ3n) is 2.89. The van der Waals surface area contributed by atoms with Crippen molar-refractivity contribution in [2.45, 2.75) is 13.1 Å². The summed E-state index contributed by atoms with van der Waals surface area (Å²) < 4.78 is 36.5. The summed E-state index contributed by atoms with van der Waals surface area (Å²) in [5.74, 6) is -2.39. The maximum atomic E-state index is 12.2. The second kappa shape index (κ2) is 7.26. The lowest BCUT2D eigenvalue weighted by atomic mass is 10.1. The molecule has 1 aromatic heterocycles. The van der Waals surface area contributed by atoms with Crippen LogP contribution in [0.1, 0.15) is 22.2 Å². The Labute approximate surface area is 139 Å². The lowest BCUT2D eigenvalue weighted by Gasteiger charge is -2.08. The molecule has 2 aromatic rings. The lowest BCUT2D eigenvalue weighted by Crippen LogP contribution is -2.29. The van der Waals surface area contributed by atoms with E-state index in [1.54, 1.807) is 29.8 Å². The van der Waals surface area contributed by atoms with Crippen LogP contribution in [0.2, 0.25) is 0 Å². The van der Waals surface area contributed by atoms with Crippen LogP contribution >= 0.6 is 11.3 Å². The maximum absolute atomic E-state index is 12.2. The minimum absolute atomic E-state index is 0.0106. The Bertz CT molecular complexity index is 753. The van der Waals surface area contributed by atoms with E-state index in [-0.39, 0.29) is 11.6 Å². The number of hydrogen-bond acceptors (Lipinski definition) is 4. The summed E-state index contributed by atoms with van der Waals surface area (Å²) >= 11 is 1.27. The molecule has 0 spiro atoms. The molecule has 1 heterocycles. The Morgan fingerprint density at radius 3 is 2.33 bits per heavy atom. The van der Waals surface area contributed by atoms with Gasteiger partial charge < -0.3 is 5.32 Å². The highest BCUT2D eigenvalue weighted by Crippen LogP contribution is 2.18. The minimum atomic E-state index is -4.94. The van der Waals surface area contributed by atoms with Crippen molar-refractivity contribution in [3.8, 4) is 0 Å². The summed E-state index contributed by atoms with van der Waals surface area (Å²) in [5.41, 5.74) is 3.46. The highest BCUT2D eigenvalue weighted by molar-refractivity contribution is 7.12. The fraction of sp³-hybridized carbons (Fsp3) is 0.133. The van der Waals surface area contributed by atoms with Gasteiger partial charge in [0.1, 0.15) is 0 Å². The second-order valence-electron chi connectivity index (χ2n) is 4.64. The molecule has 9 heteroatoms. The van der Waals surface area contributed by atoms with E-state index in [1.807, 2.05) is 0 Å². The fourth-order valence-electron chi connectivity index (χ4n) is 1.66. The molecule has 0 saturated carbocycles. The molecule has 0 unspecified atom stereocenters. The van der Waals surface area contributed by atoms with Crippen LogP contribution < -0.4 is 10.7 Å². The molecule has 2 N–H and O–H groups in total. The Morgan fingerprint density at radius 1 is 1.12 bits per heavy atom. The van der Waals surface area contributed by atoms with Gasteiger partial charge in [-0.1, -0.05) is 18.2 Å². The number of carbonyl (C=O) groups is 2. The van der Waals surface area contributed by atoms with Crippen molar-refractivity contribution < 1.29 is 22.8 Å². The van der Waals surface area contributed by atoms with Crippen molar-refractivity contribution >= 4 is 34.6 Å². The number of carbonyl (C=O) groups excluding carboxylic acids is 2. The van der Waals surface area contributed by atoms with Gasteiger partial charge in [0, 0.05) is 5.69 Å². The zero-order chi connectivity index (χ0) is 17.7. The summed E-state index contributed by atoms with van der Waals surface area (Å²) in [6.07, 6.45) is -4.94. The number of nitrogens with zero attached hydrogens (tertiary/aromatic N) is 1. The number of anilines is 1. The van der Waals surface area contributed by atoms with Crippen LogP contribution in [-0.2, 0) is 4.79 Å². The minimum Gasteiger partial charge on any atom is -0.318 e. The number of hydrazone groups is 1. The van der Waals surface area contributed by atoms with Crippen LogP contribution in [0.5, 0.6) is 0 Å². The molecule has 5 nitrogen and oxygen atoms in total. The monoisotopic (exact) mass is 355 g/mol. The average molecular weight is 355 g/mol. The van der Waals surface area contributed by atoms with Crippen molar-refractivity contribution in [3.05, 3.63) is 52.2 Å². The van der Waals surface area contributed by atoms with Crippen LogP contribution in [-0.4, -0.2) is 23.7 Å². The first-order valence-corrected chi connectivity index (χ1v) is 7.52. The lowest BCUT2D eigenvalue weighted by molar-refractivity contribution is -0.167. The van der Waals surface area contributed by atoms with Gasteiger partial charge in [-0.15, -0.1) is 11.3 Å². The van der Waals surface area contributed by atoms with Crippen molar-refractivity contribution in [1.82, 2.24) is 5.43 Å². The van der Waals surface area contributed by atoms with Crippen LogP contribution in [0.25, 0.3) is 0 Å². The van der Waals surface area contributed by atoms with Crippen LogP contribution in [0.3, 0.4) is 0 Å². The predicted molar refractivity (Wildman–Crippen MR) is 85.1 cm³/mol. The molecule has 0 saturated heterocycles. The first kappa shape index (κ1) is 17.7. The summed E-state index contributed by atoms with van der Waals surface area (Å²) in [6, 6.07) is 9.01. The second-order valence-corrected chi connectivity index (χ2v) is 5.59. The van der Waals surface area contributed by atoms with E-state index < -0.39 is 12.1 Å². The van der Waals surface area contributed by atoms with Gasteiger partial charge in [0.15, 0.2) is 0 Å². The molecule has 0 aliphatic rings. The molecular formula is C15H12F3N3O2S. The zero-order valence-electron chi connectivity index (χ0n) is 12.3. The van der Waals surface area contributed by atoms with Crippen LogP contribution in [0.15, 0.2) is 46.9 Å². The summed E-state index contributed by atoms with van der Waals surface area (Å²) in [4.78, 5) is 23.1. The predicted octanol–water partition coefficient (Wildman–Crippen LogP) is 3.40. The third kappa shape index (κ3) is 4.66. The Kier molecular flexibility index (Phi) is 5.35. The standard InChI is InChI=1S/C15H12F3N3O2S/c1-9(20-21-13(22)12-3-2-8-24-12)10-4-6-11(7-5-10)19-14(23)15(16,17)18/h2-8H,1H3,(H,19,23)(H,21,22)/b20-9+. The van der Waals surface area contributed by atoms with Crippen molar-refractivity contribution in [2.24, 2.45) is 5.10 Å². The number of amides is 2. The number of alkyl halides is 3. The summed E-state index contributed by atoms with van der Waals surface area (Å²) in [6.45, 7) is 1.64. The Hall–Kier alpha value is -2.68. The molecule has 0 aliphatic heterocycles. The molecule has 2 amide bonds. The van der Waals surface area contributed by atoms with Gasteiger partial charge in [-0.2, -0.15) is 18.3 Å². The van der Waals surface area contributed by atoms with E-state index in [4.69, 9.17) is 0 Å². The molecule has 0 bridgehead atoms. The van der Waals surface area contributed by atoms with E-state index in [0.717, 1.165) is 0 Å². The topological polar surface area (TPSA) is 70.6 Å². The van der Waals surface area contributed by atoms with E-state index in [2.05, 4.69) is 10.5 Å². The molecule has 1 aromatic carbocycles. The SMILES string of the molecule is C/C(=N\NC(=O)c1cccs1)c1ccc(NC(=O)C(F)(F)F)cc1. The van der Waals surface area contributed by atoms with Gasteiger partial charge in [-0.3, -0.25) is 9.59 Å². The summed E-state index contributed by atoms with van der Waals surface area (Å²) in [7, 11) is 0. The van der Waals surface area contributed by atoms with E-state index in [0.29, 0.717) is 16.2 Å². The number of rotatable bonds is 4. The smallest absolute Gasteiger partial charge is 0.318 e. The molecule has 0 fully saturated rings. The highest BCUT2D eigenvalue weighted by Gasteiger charge is 2.38.